The van der Waals surface area contributed by atoms with Gasteiger partial charge in [-0.15, -0.1) is 12.6 Å². The Morgan fingerprint density at radius 1 is 1.03 bits per heavy atom. The highest BCUT2D eigenvalue weighted by Gasteiger charge is 2.15. The summed E-state index contributed by atoms with van der Waals surface area (Å²) in [5, 5.41) is 1.58. The molecule has 2 aromatic carbocycles. The second-order valence-corrected chi connectivity index (χ2v) is 8.12. The Hall–Kier alpha value is -2.96. The van der Waals surface area contributed by atoms with Crippen LogP contribution in [0.1, 0.15) is 37.0 Å². The predicted octanol–water partition coefficient (Wildman–Crippen LogP) is 1.78. The van der Waals surface area contributed by atoms with Crippen molar-refractivity contribution < 1.29 is 25.6 Å². The summed E-state index contributed by atoms with van der Waals surface area (Å²) < 4.78 is 58.0. The van der Waals surface area contributed by atoms with Crippen molar-refractivity contribution in [2.75, 3.05) is 5.73 Å². The molecular weight excluding hydrogens is 432 g/mol. The first-order chi connectivity index (χ1) is 14.1. The standard InChI is InChI=1S/C18H20N4O3S.O3S/c1-2-3-8-16-20-17(22-18(19)21-16)11-13-10-14(26(23,24)25)9-12-6-4-5-7-15(12)13;1-4(2)3/h4-7,9-10H,2-3,8,11H2,1H3,(H,23,24,25)(H2,19,20,21,22);. The maximum atomic E-state index is 11.6. The van der Waals surface area contributed by atoms with Crippen LogP contribution in [0.15, 0.2) is 41.3 Å². The molecule has 0 amide bonds. The molecule has 3 aromatic rings. The second-order valence-electron chi connectivity index (χ2n) is 6.29. The molecule has 12 heteroatoms. The highest BCUT2D eigenvalue weighted by atomic mass is 32.2. The lowest BCUT2D eigenvalue weighted by molar-refractivity contribution is 0.483. The minimum absolute atomic E-state index is 0.149. The molecule has 3 N–H and O–H groups in total. The zero-order chi connectivity index (χ0) is 22.3. The van der Waals surface area contributed by atoms with E-state index >= 15 is 0 Å². The van der Waals surface area contributed by atoms with E-state index in [0.29, 0.717) is 29.0 Å². The Morgan fingerprint density at radius 3 is 2.30 bits per heavy atom. The summed E-state index contributed by atoms with van der Waals surface area (Å²) >= 11 is 0. The monoisotopic (exact) mass is 452 g/mol. The van der Waals surface area contributed by atoms with E-state index in [-0.39, 0.29) is 17.3 Å². The van der Waals surface area contributed by atoms with Gasteiger partial charge in [0, 0.05) is 12.8 Å². The van der Waals surface area contributed by atoms with Gasteiger partial charge in [0.05, 0.1) is 4.90 Å². The minimum Gasteiger partial charge on any atom is -0.368 e. The number of nitrogen functional groups attached to an aromatic ring is 1. The lowest BCUT2D eigenvalue weighted by atomic mass is 10.0. The number of nitrogens with two attached hydrogens (primary N) is 1. The van der Waals surface area contributed by atoms with E-state index < -0.39 is 20.7 Å². The molecule has 160 valence electrons. The van der Waals surface area contributed by atoms with Crippen LogP contribution in [0, 0.1) is 0 Å². The van der Waals surface area contributed by atoms with Gasteiger partial charge in [-0.1, -0.05) is 37.6 Å². The van der Waals surface area contributed by atoms with Gasteiger partial charge in [0.1, 0.15) is 11.6 Å². The molecule has 1 aromatic heterocycles. The van der Waals surface area contributed by atoms with Crippen molar-refractivity contribution in [1.29, 1.82) is 0 Å². The van der Waals surface area contributed by atoms with Crippen molar-refractivity contribution in [2.24, 2.45) is 0 Å². The molecule has 0 atom stereocenters. The Balaban J connectivity index is 0.000000735. The average molecular weight is 453 g/mol. The molecule has 1 heterocycles. The highest BCUT2D eigenvalue weighted by molar-refractivity contribution is 7.85. The summed E-state index contributed by atoms with van der Waals surface area (Å²) in [4.78, 5) is 12.6. The van der Waals surface area contributed by atoms with Gasteiger partial charge >= 0.3 is 10.6 Å². The zero-order valence-electron chi connectivity index (χ0n) is 16.0. The first kappa shape index (κ1) is 23.3. The summed E-state index contributed by atoms with van der Waals surface area (Å²) in [6.07, 6.45) is 2.96. The van der Waals surface area contributed by atoms with Gasteiger partial charge in [-0.05, 0) is 34.9 Å². The Kier molecular flexibility index (Phi) is 7.92. The number of benzene rings is 2. The molecule has 0 saturated heterocycles. The summed E-state index contributed by atoms with van der Waals surface area (Å²) in [5.41, 5.74) is 6.50. The topological polar surface area (TPSA) is 170 Å². The number of anilines is 1. The van der Waals surface area contributed by atoms with Gasteiger partial charge in [-0.2, -0.15) is 18.4 Å². The molecule has 3 rings (SSSR count). The van der Waals surface area contributed by atoms with Crippen molar-refractivity contribution in [1.82, 2.24) is 15.0 Å². The number of hydrogen-bond acceptors (Lipinski definition) is 9. The van der Waals surface area contributed by atoms with Crippen molar-refractivity contribution in [2.45, 2.75) is 37.5 Å². The van der Waals surface area contributed by atoms with E-state index in [4.69, 9.17) is 18.4 Å². The molecule has 0 aliphatic heterocycles. The quantitative estimate of drug-likeness (QED) is 0.525. The van der Waals surface area contributed by atoms with Crippen LogP contribution < -0.4 is 5.73 Å². The first-order valence-electron chi connectivity index (χ1n) is 8.85. The number of fused-ring (bicyclic) bond motifs is 1. The van der Waals surface area contributed by atoms with Crippen molar-refractivity contribution >= 4 is 37.4 Å². The van der Waals surface area contributed by atoms with E-state index in [9.17, 15) is 13.0 Å². The van der Waals surface area contributed by atoms with Crippen LogP contribution in [-0.4, -0.2) is 40.5 Å². The number of hydrogen-bond donors (Lipinski definition) is 2. The maximum Gasteiger partial charge on any atom is 0.425 e. The summed E-state index contributed by atoms with van der Waals surface area (Å²) in [6.45, 7) is 2.08. The van der Waals surface area contributed by atoms with Crippen molar-refractivity contribution in [3.63, 3.8) is 0 Å². The van der Waals surface area contributed by atoms with Gasteiger partial charge in [-0.25, -0.2) is 4.98 Å². The number of nitrogens with zero attached hydrogens (tertiary/aromatic N) is 3. The number of aryl methyl sites for hydroxylation is 1. The first-order valence-corrected chi connectivity index (χ1v) is 11.3. The van der Waals surface area contributed by atoms with Crippen LogP contribution >= 0.6 is 0 Å². The van der Waals surface area contributed by atoms with Gasteiger partial charge in [-0.3, -0.25) is 4.55 Å². The third kappa shape index (κ3) is 6.83. The summed E-state index contributed by atoms with van der Waals surface area (Å²) in [7, 11) is -7.43. The molecule has 0 fully saturated rings. The van der Waals surface area contributed by atoms with Gasteiger partial charge in [0.15, 0.2) is 0 Å². The summed E-state index contributed by atoms with van der Waals surface area (Å²) in [6, 6.07) is 10.3. The largest absolute Gasteiger partial charge is 0.425 e. The van der Waals surface area contributed by atoms with Crippen LogP contribution in [-0.2, 0) is 33.6 Å². The molecule has 0 spiro atoms. The fraction of sp³-hybridized carbons (Fsp3) is 0.278. The molecule has 30 heavy (non-hydrogen) atoms. The van der Waals surface area contributed by atoms with Gasteiger partial charge in [0.25, 0.3) is 10.1 Å². The van der Waals surface area contributed by atoms with Crippen LogP contribution in [0.5, 0.6) is 0 Å². The SMILES string of the molecule is CCCCc1nc(N)nc(Cc2cc(S(=O)(=O)O)cc3ccccc23)n1.O=S(=O)=O. The Labute approximate surface area is 175 Å². The predicted molar refractivity (Wildman–Crippen MR) is 109 cm³/mol. The fourth-order valence-electron chi connectivity index (χ4n) is 2.84. The van der Waals surface area contributed by atoms with Crippen molar-refractivity contribution in [3.05, 3.63) is 53.6 Å². The van der Waals surface area contributed by atoms with E-state index in [1.807, 2.05) is 18.2 Å². The molecule has 0 aliphatic rings. The normalized spacial score (nSPS) is 11.0. The van der Waals surface area contributed by atoms with Crippen LogP contribution in [0.4, 0.5) is 5.95 Å². The highest BCUT2D eigenvalue weighted by Crippen LogP contribution is 2.25. The zero-order valence-corrected chi connectivity index (χ0v) is 17.6. The number of rotatable bonds is 6. The molecule has 0 bridgehead atoms. The van der Waals surface area contributed by atoms with Crippen molar-refractivity contribution in [3.8, 4) is 0 Å². The van der Waals surface area contributed by atoms with Gasteiger partial charge < -0.3 is 5.73 Å². The molecule has 0 radical (unpaired) electrons. The molecule has 10 nitrogen and oxygen atoms in total. The smallest absolute Gasteiger partial charge is 0.368 e. The van der Waals surface area contributed by atoms with E-state index in [1.165, 1.54) is 12.1 Å². The van der Waals surface area contributed by atoms with Crippen LogP contribution in [0.2, 0.25) is 0 Å². The average Bonchev–Trinajstić information content (AvgIpc) is 2.64. The van der Waals surface area contributed by atoms with E-state index in [1.54, 1.807) is 6.07 Å². The number of unbranched alkanes of at least 4 members (excludes halogenated alkanes) is 1. The van der Waals surface area contributed by atoms with Crippen LogP contribution in [0.25, 0.3) is 10.8 Å². The Morgan fingerprint density at radius 2 is 1.67 bits per heavy atom. The fourth-order valence-corrected chi connectivity index (χ4v) is 3.41. The molecule has 0 saturated carbocycles. The Bertz CT molecular complexity index is 1260. The number of aromatic nitrogens is 3. The third-order valence-electron chi connectivity index (χ3n) is 4.07. The lowest BCUT2D eigenvalue weighted by Gasteiger charge is -2.10. The van der Waals surface area contributed by atoms with Crippen LogP contribution in [0.3, 0.4) is 0 Å². The molecular formula is C18H20N4O6S2. The third-order valence-corrected chi connectivity index (χ3v) is 4.90. The molecule has 0 unspecified atom stereocenters. The van der Waals surface area contributed by atoms with E-state index in [0.717, 1.165) is 18.2 Å². The second kappa shape index (κ2) is 10.2. The minimum atomic E-state index is -4.32. The summed E-state index contributed by atoms with van der Waals surface area (Å²) in [5.74, 6) is 1.25. The van der Waals surface area contributed by atoms with E-state index in [2.05, 4.69) is 21.9 Å². The molecule has 0 aliphatic carbocycles. The van der Waals surface area contributed by atoms with Gasteiger partial charge in [0.2, 0.25) is 5.95 Å². The lowest BCUT2D eigenvalue weighted by Crippen LogP contribution is -2.08. The maximum absolute atomic E-state index is 11.6.